The summed E-state index contributed by atoms with van der Waals surface area (Å²) in [4.78, 5) is 0. The molecule has 0 saturated heterocycles. The number of phenolic OH excluding ortho intramolecular Hbond substituents is 2. The third kappa shape index (κ3) is 2.39. The van der Waals surface area contributed by atoms with Crippen LogP contribution in [0, 0.1) is 13.8 Å². The molecule has 2 N–H and O–H groups in total. The molecule has 7 heteroatoms. The molecule has 3 aromatic rings. The fraction of sp³-hybridized carbons (Fsp3) is 0.278. The molecule has 0 amide bonds. The zero-order valence-electron chi connectivity index (χ0n) is 14.6. The number of nitrogens with zero attached hydrogens (tertiary/aromatic N) is 1. The summed E-state index contributed by atoms with van der Waals surface area (Å²) in [6.07, 6.45) is 0. The topological polar surface area (TPSA) is 94.2 Å². The zero-order valence-corrected chi connectivity index (χ0v) is 14.6. The Labute approximate surface area is 144 Å². The summed E-state index contributed by atoms with van der Waals surface area (Å²) in [5, 5.41) is 25.3. The van der Waals surface area contributed by atoms with Crippen LogP contribution < -0.4 is 14.2 Å². The average molecular weight is 345 g/mol. The molecule has 3 rings (SSSR count). The number of aromatic hydroxyl groups is 2. The molecule has 0 unspecified atom stereocenters. The average Bonchev–Trinajstić information content (AvgIpc) is 3.07. The van der Waals surface area contributed by atoms with Crippen molar-refractivity contribution in [3.63, 3.8) is 0 Å². The number of rotatable bonds is 4. The Morgan fingerprint density at radius 3 is 1.96 bits per heavy atom. The van der Waals surface area contributed by atoms with Gasteiger partial charge in [0.1, 0.15) is 28.7 Å². The Kier molecular flexibility index (Phi) is 4.08. The van der Waals surface area contributed by atoms with Crippen molar-refractivity contribution in [1.82, 2.24) is 5.16 Å². The maximum absolute atomic E-state index is 10.6. The summed E-state index contributed by atoms with van der Waals surface area (Å²) in [5.74, 6) is 1.34. The minimum absolute atomic E-state index is 0.0125. The molecule has 2 aromatic carbocycles. The fourth-order valence-corrected chi connectivity index (χ4v) is 2.79. The van der Waals surface area contributed by atoms with Crippen LogP contribution in [0.15, 0.2) is 16.7 Å². The summed E-state index contributed by atoms with van der Waals surface area (Å²) in [6, 6.07) is 3.35. The Balaban J connectivity index is 2.42. The van der Waals surface area contributed by atoms with Gasteiger partial charge in [-0.1, -0.05) is 5.16 Å². The van der Waals surface area contributed by atoms with Crippen molar-refractivity contribution in [2.24, 2.45) is 0 Å². The van der Waals surface area contributed by atoms with Crippen LogP contribution in [-0.2, 0) is 0 Å². The summed E-state index contributed by atoms with van der Waals surface area (Å²) in [5.41, 5.74) is 1.97. The zero-order chi connectivity index (χ0) is 18.3. The molecule has 0 spiro atoms. The standard InChI is InChI=1S/C18H19NO6/c1-8-9(2)17(21)18-14(16(8)20)15(19-25-18)13-11(23-4)6-10(22-3)7-12(13)24-5/h6-7,20-21H,1-5H3. The van der Waals surface area contributed by atoms with Gasteiger partial charge in [0.15, 0.2) is 5.75 Å². The third-order valence-electron chi connectivity index (χ3n) is 4.37. The number of hydrogen-bond donors (Lipinski definition) is 2. The van der Waals surface area contributed by atoms with Crippen LogP contribution in [0.2, 0.25) is 0 Å². The highest BCUT2D eigenvalue weighted by Gasteiger charge is 2.26. The van der Waals surface area contributed by atoms with Gasteiger partial charge in [-0.3, -0.25) is 0 Å². The summed E-state index contributed by atoms with van der Waals surface area (Å²) >= 11 is 0. The van der Waals surface area contributed by atoms with Gasteiger partial charge >= 0.3 is 0 Å². The molecule has 7 nitrogen and oxygen atoms in total. The second kappa shape index (κ2) is 6.08. The first-order valence-corrected chi connectivity index (χ1v) is 7.55. The number of fused-ring (bicyclic) bond motifs is 1. The van der Waals surface area contributed by atoms with Crippen LogP contribution in [0.1, 0.15) is 11.1 Å². The summed E-state index contributed by atoms with van der Waals surface area (Å²) in [7, 11) is 4.55. The van der Waals surface area contributed by atoms with Gasteiger partial charge < -0.3 is 28.9 Å². The minimum Gasteiger partial charge on any atom is -0.507 e. The van der Waals surface area contributed by atoms with Crippen LogP contribution in [0.3, 0.4) is 0 Å². The molecule has 0 aliphatic rings. The van der Waals surface area contributed by atoms with Crippen molar-refractivity contribution in [2.45, 2.75) is 13.8 Å². The number of hydrogen-bond acceptors (Lipinski definition) is 7. The highest BCUT2D eigenvalue weighted by Crippen LogP contribution is 2.48. The molecule has 1 heterocycles. The third-order valence-corrected chi connectivity index (χ3v) is 4.37. The number of ether oxygens (including phenoxy) is 3. The van der Waals surface area contributed by atoms with E-state index >= 15 is 0 Å². The largest absolute Gasteiger partial charge is 0.507 e. The number of methoxy groups -OCH3 is 3. The highest BCUT2D eigenvalue weighted by atomic mass is 16.5. The van der Waals surface area contributed by atoms with E-state index in [1.807, 2.05) is 0 Å². The van der Waals surface area contributed by atoms with Gasteiger partial charge in [-0.25, -0.2) is 0 Å². The number of phenols is 2. The van der Waals surface area contributed by atoms with Crippen molar-refractivity contribution >= 4 is 11.0 Å². The van der Waals surface area contributed by atoms with Crippen LogP contribution >= 0.6 is 0 Å². The second-order valence-electron chi connectivity index (χ2n) is 5.59. The molecule has 0 aliphatic carbocycles. The smallest absolute Gasteiger partial charge is 0.213 e. The van der Waals surface area contributed by atoms with Crippen molar-refractivity contribution in [3.8, 4) is 40.0 Å². The molecule has 0 aliphatic heterocycles. The monoisotopic (exact) mass is 345 g/mol. The first-order valence-electron chi connectivity index (χ1n) is 7.55. The van der Waals surface area contributed by atoms with Crippen molar-refractivity contribution in [2.75, 3.05) is 21.3 Å². The first kappa shape index (κ1) is 16.8. The molecule has 0 bridgehead atoms. The molecular weight excluding hydrogens is 326 g/mol. The van der Waals surface area contributed by atoms with Gasteiger partial charge in [0.05, 0.1) is 32.3 Å². The molecule has 132 valence electrons. The first-order chi connectivity index (χ1) is 11.9. The van der Waals surface area contributed by atoms with Gasteiger partial charge in [-0.2, -0.15) is 0 Å². The van der Waals surface area contributed by atoms with E-state index in [0.29, 0.717) is 45.0 Å². The Bertz CT molecular complexity index is 935. The van der Waals surface area contributed by atoms with Gasteiger partial charge in [-0.15, -0.1) is 0 Å². The van der Waals surface area contributed by atoms with E-state index in [0.717, 1.165) is 0 Å². The predicted molar refractivity (Wildman–Crippen MR) is 91.9 cm³/mol. The van der Waals surface area contributed by atoms with Crippen molar-refractivity contribution in [1.29, 1.82) is 0 Å². The lowest BCUT2D eigenvalue weighted by molar-refractivity contribution is 0.376. The normalized spacial score (nSPS) is 10.9. The summed E-state index contributed by atoms with van der Waals surface area (Å²) < 4.78 is 21.4. The van der Waals surface area contributed by atoms with Crippen LogP contribution in [0.5, 0.6) is 28.7 Å². The SMILES string of the molecule is COc1cc(OC)c(-c2noc3c(O)c(C)c(C)c(O)c23)c(OC)c1. The van der Waals surface area contributed by atoms with Crippen LogP contribution in [0.4, 0.5) is 0 Å². The lowest BCUT2D eigenvalue weighted by atomic mass is 9.99. The van der Waals surface area contributed by atoms with Gasteiger partial charge in [0.2, 0.25) is 5.58 Å². The maximum atomic E-state index is 10.6. The van der Waals surface area contributed by atoms with E-state index in [4.69, 9.17) is 18.7 Å². The molecular formula is C18H19NO6. The number of aromatic nitrogens is 1. The maximum Gasteiger partial charge on any atom is 0.213 e. The van der Waals surface area contributed by atoms with Crippen LogP contribution in [-0.4, -0.2) is 36.7 Å². The lowest BCUT2D eigenvalue weighted by Gasteiger charge is -2.14. The predicted octanol–water partition coefficient (Wildman–Crippen LogP) is 3.55. The fourth-order valence-electron chi connectivity index (χ4n) is 2.79. The molecule has 0 fully saturated rings. The molecule has 1 aromatic heterocycles. The van der Waals surface area contributed by atoms with Gasteiger partial charge in [-0.05, 0) is 19.4 Å². The molecule has 0 atom stereocenters. The Morgan fingerprint density at radius 1 is 0.880 bits per heavy atom. The van der Waals surface area contributed by atoms with E-state index < -0.39 is 0 Å². The number of benzene rings is 2. The van der Waals surface area contributed by atoms with E-state index in [9.17, 15) is 10.2 Å². The second-order valence-corrected chi connectivity index (χ2v) is 5.59. The highest BCUT2D eigenvalue weighted by molar-refractivity contribution is 6.03. The Morgan fingerprint density at radius 2 is 1.44 bits per heavy atom. The van der Waals surface area contributed by atoms with E-state index in [1.54, 1.807) is 26.0 Å². The van der Waals surface area contributed by atoms with E-state index in [1.165, 1.54) is 21.3 Å². The summed E-state index contributed by atoms with van der Waals surface area (Å²) in [6.45, 7) is 3.41. The quantitative estimate of drug-likeness (QED) is 0.698. The van der Waals surface area contributed by atoms with Gasteiger partial charge in [0.25, 0.3) is 0 Å². The minimum atomic E-state index is -0.0597. The van der Waals surface area contributed by atoms with Crippen molar-refractivity contribution < 1.29 is 28.9 Å². The van der Waals surface area contributed by atoms with Crippen LogP contribution in [0.25, 0.3) is 22.2 Å². The van der Waals surface area contributed by atoms with E-state index in [-0.39, 0.29) is 17.1 Å². The molecule has 0 radical (unpaired) electrons. The van der Waals surface area contributed by atoms with Gasteiger partial charge in [0, 0.05) is 17.7 Å². The molecule has 25 heavy (non-hydrogen) atoms. The molecule has 0 saturated carbocycles. The van der Waals surface area contributed by atoms with E-state index in [2.05, 4.69) is 5.16 Å². The lowest BCUT2D eigenvalue weighted by Crippen LogP contribution is -1.96. The van der Waals surface area contributed by atoms with Crippen molar-refractivity contribution in [3.05, 3.63) is 23.3 Å². The Hall–Kier alpha value is -3.09.